The Kier molecular flexibility index (Phi) is 3.51. The summed E-state index contributed by atoms with van der Waals surface area (Å²) in [6.45, 7) is 3.88. The summed E-state index contributed by atoms with van der Waals surface area (Å²) in [5.41, 5.74) is 2.89. The van der Waals surface area contributed by atoms with Gasteiger partial charge >= 0.3 is 0 Å². The van der Waals surface area contributed by atoms with Gasteiger partial charge in [0.05, 0.1) is 16.7 Å². The van der Waals surface area contributed by atoms with Crippen LogP contribution in [0.1, 0.15) is 36.3 Å². The molecule has 3 aromatic rings. The Morgan fingerprint density at radius 1 is 1.00 bits per heavy atom. The summed E-state index contributed by atoms with van der Waals surface area (Å²) in [6, 6.07) is 14.8. The summed E-state index contributed by atoms with van der Waals surface area (Å²) < 4.78 is 0. The molecule has 1 atom stereocenters. The normalized spacial score (nSPS) is 18.6. The van der Waals surface area contributed by atoms with Crippen LogP contribution in [-0.2, 0) is 5.60 Å². The molecule has 0 saturated heterocycles. The summed E-state index contributed by atoms with van der Waals surface area (Å²) in [4.78, 5) is 22.5. The van der Waals surface area contributed by atoms with Crippen LogP contribution in [0.4, 0.5) is 0 Å². The van der Waals surface area contributed by atoms with E-state index in [0.717, 1.165) is 16.7 Å². The molecule has 1 heterocycles. The third-order valence-corrected chi connectivity index (χ3v) is 4.57. The second-order valence-corrected chi connectivity index (χ2v) is 6.63. The van der Waals surface area contributed by atoms with E-state index in [1.54, 1.807) is 12.1 Å². The monoisotopic (exact) mass is 330 g/mol. The van der Waals surface area contributed by atoms with Gasteiger partial charge in [-0.2, -0.15) is 0 Å². The number of hydrogen-bond acceptors (Lipinski definition) is 4. The van der Waals surface area contributed by atoms with Crippen LogP contribution >= 0.6 is 0 Å². The van der Waals surface area contributed by atoms with Crippen LogP contribution < -0.4 is 0 Å². The number of hydrogen-bond donors (Lipinski definition) is 1. The van der Waals surface area contributed by atoms with E-state index in [2.05, 4.69) is 4.98 Å². The molecule has 0 bridgehead atoms. The summed E-state index contributed by atoms with van der Waals surface area (Å²) in [6.07, 6.45) is 2.05. The maximum Gasteiger partial charge on any atom is 0.201 e. The molecule has 1 N–H and O–H groups in total. The van der Waals surface area contributed by atoms with Crippen molar-refractivity contribution in [3.05, 3.63) is 71.4 Å². The van der Waals surface area contributed by atoms with Crippen LogP contribution in [0.2, 0.25) is 0 Å². The number of carbonyl (C=O) groups is 1. The Morgan fingerprint density at radius 2 is 1.60 bits per heavy atom. The minimum absolute atomic E-state index is 0.183. The molecule has 4 nitrogen and oxygen atoms in total. The van der Waals surface area contributed by atoms with Gasteiger partial charge in [0.1, 0.15) is 5.69 Å². The Bertz CT molecular complexity index is 1040. The van der Waals surface area contributed by atoms with E-state index in [-0.39, 0.29) is 12.2 Å². The SMILES string of the molecule is CC(C)=CCC1(O)C(=O)c2ccccc2-c2nc3ccccc3nc21. The van der Waals surface area contributed by atoms with Crippen LogP contribution in [-0.4, -0.2) is 20.9 Å². The van der Waals surface area contributed by atoms with Crippen molar-refractivity contribution in [1.82, 2.24) is 9.97 Å². The molecule has 1 unspecified atom stereocenters. The lowest BCUT2D eigenvalue weighted by Crippen LogP contribution is -2.40. The van der Waals surface area contributed by atoms with Gasteiger partial charge in [0.2, 0.25) is 5.78 Å². The number of aliphatic hydroxyl groups is 1. The van der Waals surface area contributed by atoms with E-state index < -0.39 is 5.60 Å². The average Bonchev–Trinajstić information content (AvgIpc) is 2.63. The van der Waals surface area contributed by atoms with Crippen molar-refractivity contribution in [2.45, 2.75) is 25.9 Å². The molecule has 1 aliphatic rings. The van der Waals surface area contributed by atoms with Crippen LogP contribution in [0, 0.1) is 0 Å². The lowest BCUT2D eigenvalue weighted by atomic mass is 9.77. The fourth-order valence-electron chi connectivity index (χ4n) is 3.24. The zero-order chi connectivity index (χ0) is 17.6. The molecule has 0 saturated carbocycles. The summed E-state index contributed by atoms with van der Waals surface area (Å²) in [5, 5.41) is 11.4. The number of allylic oxidation sites excluding steroid dienone is 1. The highest BCUT2D eigenvalue weighted by molar-refractivity contribution is 6.11. The highest BCUT2D eigenvalue weighted by Crippen LogP contribution is 2.42. The molecule has 0 spiro atoms. The molecule has 124 valence electrons. The van der Waals surface area contributed by atoms with Crippen LogP contribution in [0.5, 0.6) is 0 Å². The summed E-state index contributed by atoms with van der Waals surface area (Å²) in [5.74, 6) is -0.322. The third-order valence-electron chi connectivity index (χ3n) is 4.57. The van der Waals surface area contributed by atoms with Gasteiger partial charge in [-0.1, -0.05) is 48.0 Å². The third kappa shape index (κ3) is 2.37. The lowest BCUT2D eigenvalue weighted by molar-refractivity contribution is 0.0284. The van der Waals surface area contributed by atoms with Crippen molar-refractivity contribution in [3.8, 4) is 11.3 Å². The van der Waals surface area contributed by atoms with Gasteiger partial charge < -0.3 is 5.11 Å². The Hall–Kier alpha value is -2.85. The van der Waals surface area contributed by atoms with Crippen LogP contribution in [0.25, 0.3) is 22.3 Å². The number of benzene rings is 2. The lowest BCUT2D eigenvalue weighted by Gasteiger charge is -2.32. The number of fused-ring (bicyclic) bond motifs is 4. The zero-order valence-electron chi connectivity index (χ0n) is 14.2. The Morgan fingerprint density at radius 3 is 2.28 bits per heavy atom. The standard InChI is InChI=1S/C21H18N2O2/c1-13(2)11-12-21(25)19-18(14-7-3-4-8-15(14)20(21)24)22-16-9-5-6-10-17(16)23-19/h3-11,25H,12H2,1-2H3. The maximum atomic E-state index is 13.1. The van der Waals surface area contributed by atoms with E-state index in [1.807, 2.05) is 56.3 Å². The largest absolute Gasteiger partial charge is 0.375 e. The second kappa shape index (κ2) is 5.60. The minimum Gasteiger partial charge on any atom is -0.375 e. The minimum atomic E-state index is -1.70. The van der Waals surface area contributed by atoms with Gasteiger partial charge in [-0.05, 0) is 26.0 Å². The Labute approximate surface area is 145 Å². The van der Waals surface area contributed by atoms with Gasteiger partial charge in [-0.3, -0.25) is 4.79 Å². The van der Waals surface area contributed by atoms with Crippen molar-refractivity contribution in [2.24, 2.45) is 0 Å². The smallest absolute Gasteiger partial charge is 0.201 e. The van der Waals surface area contributed by atoms with Crippen molar-refractivity contribution in [3.63, 3.8) is 0 Å². The van der Waals surface area contributed by atoms with Crippen LogP contribution in [0.3, 0.4) is 0 Å². The van der Waals surface area contributed by atoms with E-state index in [1.165, 1.54) is 0 Å². The molecular formula is C21H18N2O2. The molecule has 4 rings (SSSR count). The van der Waals surface area contributed by atoms with Gasteiger partial charge in [0.15, 0.2) is 5.60 Å². The van der Waals surface area contributed by atoms with Crippen molar-refractivity contribution < 1.29 is 9.90 Å². The molecule has 0 amide bonds. The van der Waals surface area contributed by atoms with Crippen LogP contribution in [0.15, 0.2) is 60.2 Å². The van der Waals surface area contributed by atoms with Crippen molar-refractivity contribution in [1.29, 1.82) is 0 Å². The molecular weight excluding hydrogens is 312 g/mol. The number of ketones is 1. The van der Waals surface area contributed by atoms with Crippen molar-refractivity contribution in [2.75, 3.05) is 0 Å². The molecule has 1 aliphatic carbocycles. The molecule has 0 aliphatic heterocycles. The molecule has 0 fully saturated rings. The van der Waals surface area contributed by atoms with Gasteiger partial charge in [-0.25, -0.2) is 9.97 Å². The first-order chi connectivity index (χ1) is 12.0. The average molecular weight is 330 g/mol. The molecule has 2 aromatic carbocycles. The maximum absolute atomic E-state index is 13.1. The van der Waals surface area contributed by atoms with E-state index in [4.69, 9.17) is 4.98 Å². The second-order valence-electron chi connectivity index (χ2n) is 6.63. The predicted octanol–water partition coefficient (Wildman–Crippen LogP) is 4.04. The number of rotatable bonds is 2. The topological polar surface area (TPSA) is 63.1 Å². The van der Waals surface area contributed by atoms with Crippen molar-refractivity contribution >= 4 is 16.8 Å². The van der Waals surface area contributed by atoms with E-state index in [0.29, 0.717) is 22.5 Å². The highest BCUT2D eigenvalue weighted by atomic mass is 16.3. The summed E-state index contributed by atoms with van der Waals surface area (Å²) >= 11 is 0. The molecule has 4 heteroatoms. The molecule has 0 radical (unpaired) electrons. The zero-order valence-corrected chi connectivity index (χ0v) is 14.2. The first kappa shape index (κ1) is 15.7. The fraction of sp³-hybridized carbons (Fsp3) is 0.190. The molecule has 25 heavy (non-hydrogen) atoms. The first-order valence-electron chi connectivity index (χ1n) is 8.28. The Balaban J connectivity index is 2.06. The number of para-hydroxylation sites is 2. The van der Waals surface area contributed by atoms with Gasteiger partial charge in [0, 0.05) is 17.5 Å². The number of aromatic nitrogens is 2. The highest BCUT2D eigenvalue weighted by Gasteiger charge is 2.46. The predicted molar refractivity (Wildman–Crippen MR) is 97.2 cm³/mol. The van der Waals surface area contributed by atoms with Gasteiger partial charge in [0.25, 0.3) is 0 Å². The summed E-state index contributed by atoms with van der Waals surface area (Å²) in [7, 11) is 0. The van der Waals surface area contributed by atoms with E-state index in [9.17, 15) is 9.90 Å². The quantitative estimate of drug-likeness (QED) is 0.720. The fourth-order valence-corrected chi connectivity index (χ4v) is 3.24. The first-order valence-corrected chi connectivity index (χ1v) is 8.28. The number of nitrogens with zero attached hydrogens (tertiary/aromatic N) is 2. The number of Topliss-reactive ketones (excluding diaryl/α,β-unsaturated/α-hetero) is 1. The number of carbonyl (C=O) groups excluding carboxylic acids is 1. The van der Waals surface area contributed by atoms with E-state index >= 15 is 0 Å². The van der Waals surface area contributed by atoms with Gasteiger partial charge in [-0.15, -0.1) is 0 Å². The molecule has 1 aromatic heterocycles.